The van der Waals surface area contributed by atoms with Crippen molar-refractivity contribution in [1.29, 1.82) is 0 Å². The molecule has 0 unspecified atom stereocenters. The maximum atomic E-state index is 10.7. The Hall–Kier alpha value is -1.59. The summed E-state index contributed by atoms with van der Waals surface area (Å²) in [5.74, 6) is 0.0679. The zero-order valence-corrected chi connectivity index (χ0v) is 9.11. The van der Waals surface area contributed by atoms with E-state index in [1.807, 2.05) is 0 Å². The molecule has 0 aliphatic carbocycles. The van der Waals surface area contributed by atoms with E-state index in [4.69, 9.17) is 21.4 Å². The number of nitrogens with zero attached hydrogens (tertiary/aromatic N) is 1. The number of hydrogen-bond acceptors (Lipinski definition) is 4. The van der Waals surface area contributed by atoms with Crippen LogP contribution in [0.5, 0.6) is 5.75 Å². The molecule has 0 amide bonds. The molecule has 0 atom stereocenters. The minimum absolute atomic E-state index is 0.0166. The van der Waals surface area contributed by atoms with Crippen LogP contribution in [0.15, 0.2) is 29.8 Å². The van der Waals surface area contributed by atoms with Gasteiger partial charge in [-0.25, -0.2) is 0 Å². The molecule has 6 heteroatoms. The fraction of sp³-hybridized carbons (Fsp3) is 0.200. The van der Waals surface area contributed by atoms with Crippen LogP contribution >= 0.6 is 11.6 Å². The quantitative estimate of drug-likeness (QED) is 0.636. The second kappa shape index (κ2) is 5.48. The van der Waals surface area contributed by atoms with Crippen LogP contribution in [-0.2, 0) is 6.61 Å². The number of halogens is 1. The summed E-state index contributed by atoms with van der Waals surface area (Å²) in [6.07, 6.45) is 0. The first-order chi connectivity index (χ1) is 7.54. The molecule has 0 bridgehead atoms. The summed E-state index contributed by atoms with van der Waals surface area (Å²) in [6.45, 7) is 3.18. The third kappa shape index (κ3) is 3.22. The van der Waals surface area contributed by atoms with Crippen molar-refractivity contribution in [2.24, 2.45) is 0 Å². The van der Waals surface area contributed by atoms with Crippen molar-refractivity contribution in [2.45, 2.75) is 6.61 Å². The molecule has 0 fully saturated rings. The van der Waals surface area contributed by atoms with Gasteiger partial charge in [-0.2, -0.15) is 0 Å². The first-order valence-electron chi connectivity index (χ1n) is 4.39. The molecule has 0 saturated carbocycles. The first-order valence-corrected chi connectivity index (χ1v) is 4.76. The third-order valence-electron chi connectivity index (χ3n) is 1.79. The Bertz CT molecular complexity index is 419. The number of rotatable bonds is 5. The predicted octanol–water partition coefficient (Wildman–Crippen LogP) is 2.22. The number of nitro benzene ring substituents is 1. The molecule has 5 nitrogen and oxygen atoms in total. The summed E-state index contributed by atoms with van der Waals surface area (Å²) >= 11 is 5.49. The molecule has 0 radical (unpaired) electrons. The summed E-state index contributed by atoms with van der Waals surface area (Å²) in [7, 11) is 0. The number of ether oxygens (including phenoxy) is 1. The fourth-order valence-electron chi connectivity index (χ4n) is 1.08. The predicted molar refractivity (Wildman–Crippen MR) is 59.5 cm³/mol. The molecule has 0 aliphatic rings. The Morgan fingerprint density at radius 1 is 1.62 bits per heavy atom. The van der Waals surface area contributed by atoms with E-state index < -0.39 is 4.92 Å². The van der Waals surface area contributed by atoms with Gasteiger partial charge in [-0.1, -0.05) is 18.2 Å². The van der Waals surface area contributed by atoms with Gasteiger partial charge in [0.2, 0.25) is 0 Å². The van der Waals surface area contributed by atoms with Crippen molar-refractivity contribution in [1.82, 2.24) is 0 Å². The SMILES string of the molecule is C=C(Cl)COc1cc(CO)ccc1[N+](=O)[O-]. The van der Waals surface area contributed by atoms with Crippen LogP contribution in [0.25, 0.3) is 0 Å². The second-order valence-corrected chi connectivity index (χ2v) is 3.56. The van der Waals surface area contributed by atoms with Crippen LogP contribution in [-0.4, -0.2) is 16.6 Å². The number of benzene rings is 1. The molecule has 86 valence electrons. The smallest absolute Gasteiger partial charge is 0.310 e. The lowest BCUT2D eigenvalue weighted by atomic mass is 10.2. The van der Waals surface area contributed by atoms with Crippen LogP contribution in [0.1, 0.15) is 5.56 Å². The van der Waals surface area contributed by atoms with Crippen molar-refractivity contribution < 1.29 is 14.8 Å². The molecular weight excluding hydrogens is 234 g/mol. The molecular formula is C10H10ClNO4. The molecule has 0 aliphatic heterocycles. The van der Waals surface area contributed by atoms with Gasteiger partial charge in [-0.15, -0.1) is 0 Å². The van der Waals surface area contributed by atoms with Gasteiger partial charge in [0, 0.05) is 11.1 Å². The summed E-state index contributed by atoms with van der Waals surface area (Å²) < 4.78 is 5.12. The van der Waals surface area contributed by atoms with Crippen LogP contribution < -0.4 is 4.74 Å². The maximum absolute atomic E-state index is 10.7. The number of hydrogen-bond donors (Lipinski definition) is 1. The van der Waals surface area contributed by atoms with E-state index in [1.165, 1.54) is 18.2 Å². The largest absolute Gasteiger partial charge is 0.481 e. The molecule has 0 heterocycles. The summed E-state index contributed by atoms with van der Waals surface area (Å²) in [5.41, 5.74) is 0.357. The Kier molecular flexibility index (Phi) is 4.28. The molecule has 16 heavy (non-hydrogen) atoms. The second-order valence-electron chi connectivity index (χ2n) is 3.02. The van der Waals surface area contributed by atoms with Gasteiger partial charge < -0.3 is 9.84 Å². The molecule has 0 aromatic heterocycles. The van der Waals surface area contributed by atoms with E-state index in [2.05, 4.69) is 6.58 Å². The fourth-order valence-corrected chi connectivity index (χ4v) is 1.13. The van der Waals surface area contributed by atoms with E-state index in [9.17, 15) is 10.1 Å². The van der Waals surface area contributed by atoms with Crippen molar-refractivity contribution in [2.75, 3.05) is 6.61 Å². The molecule has 1 aromatic carbocycles. The lowest BCUT2D eigenvalue weighted by Crippen LogP contribution is -2.01. The highest BCUT2D eigenvalue weighted by Crippen LogP contribution is 2.28. The molecule has 1 aromatic rings. The zero-order chi connectivity index (χ0) is 12.1. The Morgan fingerprint density at radius 2 is 2.31 bits per heavy atom. The third-order valence-corrected chi connectivity index (χ3v) is 1.90. The van der Waals surface area contributed by atoms with E-state index in [-0.39, 0.29) is 29.7 Å². The Morgan fingerprint density at radius 3 is 2.81 bits per heavy atom. The van der Waals surface area contributed by atoms with Crippen LogP contribution in [0.4, 0.5) is 5.69 Å². The van der Waals surface area contributed by atoms with Crippen molar-refractivity contribution in [3.05, 3.63) is 45.5 Å². The number of nitro groups is 1. The summed E-state index contributed by atoms with van der Waals surface area (Å²) in [5, 5.41) is 19.8. The molecule has 1 N–H and O–H groups in total. The van der Waals surface area contributed by atoms with Crippen LogP contribution in [0, 0.1) is 10.1 Å². The first kappa shape index (κ1) is 12.5. The number of aliphatic hydroxyl groups is 1. The average Bonchev–Trinajstić information content (AvgIpc) is 2.25. The highest BCUT2D eigenvalue weighted by molar-refractivity contribution is 6.29. The van der Waals surface area contributed by atoms with Crippen LogP contribution in [0.2, 0.25) is 0 Å². The maximum Gasteiger partial charge on any atom is 0.310 e. The van der Waals surface area contributed by atoms with Crippen molar-refractivity contribution in [3.8, 4) is 5.75 Å². The highest BCUT2D eigenvalue weighted by Gasteiger charge is 2.15. The topological polar surface area (TPSA) is 72.6 Å². The van der Waals surface area contributed by atoms with Gasteiger partial charge in [0.1, 0.15) is 6.61 Å². The minimum atomic E-state index is -0.562. The van der Waals surface area contributed by atoms with E-state index in [1.54, 1.807) is 0 Å². The average molecular weight is 244 g/mol. The lowest BCUT2D eigenvalue weighted by molar-refractivity contribution is -0.385. The monoisotopic (exact) mass is 243 g/mol. The molecule has 0 saturated heterocycles. The van der Waals surface area contributed by atoms with Gasteiger partial charge >= 0.3 is 5.69 Å². The van der Waals surface area contributed by atoms with Crippen molar-refractivity contribution >= 4 is 17.3 Å². The standard InChI is InChI=1S/C10H10ClNO4/c1-7(11)6-16-10-4-8(5-13)2-3-9(10)12(14)15/h2-4,13H,1,5-6H2. The van der Waals surface area contributed by atoms with Crippen LogP contribution in [0.3, 0.4) is 0 Å². The lowest BCUT2D eigenvalue weighted by Gasteiger charge is -2.06. The van der Waals surface area contributed by atoms with Gasteiger partial charge in [0.15, 0.2) is 5.75 Å². The zero-order valence-electron chi connectivity index (χ0n) is 8.35. The van der Waals surface area contributed by atoms with Gasteiger partial charge in [0.05, 0.1) is 11.5 Å². The Balaban J connectivity index is 3.00. The van der Waals surface area contributed by atoms with E-state index in [0.29, 0.717) is 5.56 Å². The summed E-state index contributed by atoms with van der Waals surface area (Å²) in [6, 6.07) is 4.14. The van der Waals surface area contributed by atoms with Gasteiger partial charge in [0.25, 0.3) is 0 Å². The van der Waals surface area contributed by atoms with Gasteiger partial charge in [-0.05, 0) is 17.7 Å². The highest BCUT2D eigenvalue weighted by atomic mass is 35.5. The molecule has 1 rings (SSSR count). The normalized spacial score (nSPS) is 9.88. The molecule has 0 spiro atoms. The van der Waals surface area contributed by atoms with Gasteiger partial charge in [-0.3, -0.25) is 10.1 Å². The Labute approximate surface area is 97.1 Å². The minimum Gasteiger partial charge on any atom is -0.481 e. The van der Waals surface area contributed by atoms with Crippen molar-refractivity contribution in [3.63, 3.8) is 0 Å². The van der Waals surface area contributed by atoms with E-state index in [0.717, 1.165) is 0 Å². The summed E-state index contributed by atoms with van der Waals surface area (Å²) in [4.78, 5) is 10.1. The van der Waals surface area contributed by atoms with E-state index >= 15 is 0 Å². The number of aliphatic hydroxyl groups excluding tert-OH is 1.